The van der Waals surface area contributed by atoms with Gasteiger partial charge >= 0.3 is 5.97 Å². The molecule has 6 nitrogen and oxygen atoms in total. The second kappa shape index (κ2) is 6.11. The lowest BCUT2D eigenvalue weighted by molar-refractivity contribution is -0.153. The van der Waals surface area contributed by atoms with Crippen molar-refractivity contribution in [3.8, 4) is 0 Å². The van der Waals surface area contributed by atoms with E-state index in [1.165, 1.54) is 4.90 Å². The van der Waals surface area contributed by atoms with Gasteiger partial charge in [0.25, 0.3) is 0 Å². The largest absolute Gasteiger partial charge is 0.480 e. The summed E-state index contributed by atoms with van der Waals surface area (Å²) in [5, 5.41) is 13.6. The highest BCUT2D eigenvalue weighted by Crippen LogP contribution is 2.51. The molecular weight excluding hydrogens is 344 g/mol. The van der Waals surface area contributed by atoms with E-state index in [0.717, 1.165) is 0 Å². The number of benzene rings is 1. The molecule has 25 heavy (non-hydrogen) atoms. The molecule has 0 saturated carbocycles. The Morgan fingerprint density at radius 2 is 2.04 bits per heavy atom. The summed E-state index contributed by atoms with van der Waals surface area (Å²) in [7, 11) is 0. The Labute approximate surface area is 151 Å². The first-order valence-corrected chi connectivity index (χ1v) is 8.75. The van der Waals surface area contributed by atoms with Crippen molar-refractivity contribution in [2.24, 2.45) is 17.8 Å². The first kappa shape index (κ1) is 17.9. The molecule has 1 aromatic rings. The molecule has 0 spiro atoms. The van der Waals surface area contributed by atoms with Crippen LogP contribution in [0.1, 0.15) is 32.4 Å². The zero-order valence-electron chi connectivity index (χ0n) is 14.3. The Kier molecular flexibility index (Phi) is 4.37. The molecule has 2 fully saturated rings. The number of hydrogen-bond donors (Lipinski definition) is 2. The molecule has 2 aliphatic heterocycles. The summed E-state index contributed by atoms with van der Waals surface area (Å²) in [4.78, 5) is 39.1. The number of likely N-dealkylation sites (tertiary alicyclic amines) is 1. The van der Waals surface area contributed by atoms with E-state index in [1.807, 2.05) is 0 Å². The fourth-order valence-corrected chi connectivity index (χ4v) is 4.47. The van der Waals surface area contributed by atoms with Crippen molar-refractivity contribution < 1.29 is 19.5 Å². The van der Waals surface area contributed by atoms with Crippen molar-refractivity contribution in [1.82, 2.24) is 10.2 Å². The molecule has 2 saturated heterocycles. The molecule has 134 valence electrons. The minimum absolute atomic E-state index is 0.237. The first-order chi connectivity index (χ1) is 11.8. The molecule has 4 unspecified atom stereocenters. The average molecular weight is 365 g/mol. The Hall–Kier alpha value is -1.92. The molecule has 2 amide bonds. The minimum atomic E-state index is -1.49. The summed E-state index contributed by atoms with van der Waals surface area (Å²) in [5.74, 6) is -3.90. The monoisotopic (exact) mass is 364 g/mol. The Morgan fingerprint density at radius 3 is 2.56 bits per heavy atom. The van der Waals surface area contributed by atoms with Crippen LogP contribution in [0.25, 0.3) is 0 Å². The van der Waals surface area contributed by atoms with Crippen LogP contribution in [0.3, 0.4) is 0 Å². The van der Waals surface area contributed by atoms with E-state index in [-0.39, 0.29) is 18.4 Å². The van der Waals surface area contributed by atoms with Crippen LogP contribution < -0.4 is 5.32 Å². The van der Waals surface area contributed by atoms with Gasteiger partial charge in [0.15, 0.2) is 0 Å². The summed E-state index contributed by atoms with van der Waals surface area (Å²) < 4.78 is 0. The third kappa shape index (κ3) is 2.39. The van der Waals surface area contributed by atoms with Crippen LogP contribution >= 0.6 is 11.6 Å². The number of carbonyl (C=O) groups is 3. The summed E-state index contributed by atoms with van der Waals surface area (Å²) >= 11 is 6.08. The van der Waals surface area contributed by atoms with Gasteiger partial charge in [-0.2, -0.15) is 0 Å². The molecule has 2 heterocycles. The third-order valence-electron chi connectivity index (χ3n) is 5.47. The van der Waals surface area contributed by atoms with Gasteiger partial charge in [-0.25, -0.2) is 0 Å². The maximum absolute atomic E-state index is 12.9. The fraction of sp³-hybridized carbons (Fsp3) is 0.500. The quantitative estimate of drug-likeness (QED) is 0.799. The molecule has 2 N–H and O–H groups in total. The molecular formula is C18H21ClN2O4. The number of nitrogens with one attached hydrogen (secondary N) is 1. The van der Waals surface area contributed by atoms with Crippen molar-refractivity contribution in [1.29, 1.82) is 0 Å². The van der Waals surface area contributed by atoms with E-state index in [4.69, 9.17) is 11.6 Å². The number of nitrogens with zero attached hydrogens (tertiary/aromatic N) is 1. The highest BCUT2D eigenvalue weighted by molar-refractivity contribution is 6.30. The van der Waals surface area contributed by atoms with Crippen LogP contribution in [0, 0.1) is 17.8 Å². The van der Waals surface area contributed by atoms with E-state index < -0.39 is 35.3 Å². The zero-order valence-corrected chi connectivity index (χ0v) is 15.1. The van der Waals surface area contributed by atoms with Gasteiger partial charge in [-0.15, -0.1) is 0 Å². The van der Waals surface area contributed by atoms with Crippen LogP contribution in [0.4, 0.5) is 0 Å². The normalized spacial score (nSPS) is 31.7. The molecule has 0 aromatic heterocycles. The van der Waals surface area contributed by atoms with Crippen molar-refractivity contribution >= 4 is 29.4 Å². The number of amides is 2. The number of aliphatic carboxylic acids is 1. The molecule has 7 heteroatoms. The molecule has 0 radical (unpaired) electrons. The molecule has 4 atom stereocenters. The average Bonchev–Trinajstić information content (AvgIpc) is 3.03. The van der Waals surface area contributed by atoms with Crippen molar-refractivity contribution in [2.45, 2.75) is 32.4 Å². The van der Waals surface area contributed by atoms with Crippen LogP contribution in [-0.2, 0) is 14.4 Å². The zero-order chi connectivity index (χ0) is 18.5. The van der Waals surface area contributed by atoms with E-state index in [1.54, 1.807) is 45.0 Å². The van der Waals surface area contributed by atoms with E-state index in [2.05, 4.69) is 5.32 Å². The van der Waals surface area contributed by atoms with Gasteiger partial charge in [-0.05, 0) is 30.5 Å². The molecule has 0 bridgehead atoms. The number of fused-ring (bicyclic) bond motifs is 1. The van der Waals surface area contributed by atoms with E-state index in [0.29, 0.717) is 10.6 Å². The molecule has 3 rings (SSSR count). The lowest BCUT2D eigenvalue weighted by atomic mass is 9.73. The number of carbonyl (C=O) groups excluding carboxylic acids is 2. The smallest absolute Gasteiger partial charge is 0.325 e. The standard InChI is InChI=1S/C18H21ClN2O4/c1-4-21-15(22)12-13(16(21)23)18(9(2)3,17(24)25)20-14(12)10-6-5-7-11(19)8-10/h5-9,12-14,20H,4H2,1-3H3,(H,24,25). The highest BCUT2D eigenvalue weighted by Gasteiger charge is 2.69. The van der Waals surface area contributed by atoms with Gasteiger partial charge in [0, 0.05) is 17.6 Å². The number of halogens is 1. The number of imide groups is 1. The first-order valence-electron chi connectivity index (χ1n) is 8.37. The highest BCUT2D eigenvalue weighted by atomic mass is 35.5. The van der Waals surface area contributed by atoms with Crippen molar-refractivity contribution in [3.05, 3.63) is 34.9 Å². The van der Waals surface area contributed by atoms with Gasteiger partial charge < -0.3 is 5.11 Å². The van der Waals surface area contributed by atoms with Crippen LogP contribution in [-0.4, -0.2) is 39.9 Å². The maximum Gasteiger partial charge on any atom is 0.325 e. The summed E-state index contributed by atoms with van der Waals surface area (Å²) in [6, 6.07) is 6.40. The van der Waals surface area contributed by atoms with Gasteiger partial charge in [0.1, 0.15) is 5.54 Å². The van der Waals surface area contributed by atoms with Crippen molar-refractivity contribution in [3.63, 3.8) is 0 Å². The van der Waals surface area contributed by atoms with Gasteiger partial charge in [-0.1, -0.05) is 37.6 Å². The van der Waals surface area contributed by atoms with Gasteiger partial charge in [0.05, 0.1) is 11.8 Å². The minimum Gasteiger partial charge on any atom is -0.480 e. The fourth-order valence-electron chi connectivity index (χ4n) is 4.27. The number of carboxylic acids is 1. The predicted octanol–water partition coefficient (Wildman–Crippen LogP) is 2.08. The number of rotatable bonds is 4. The number of carboxylic acid groups (broad SMARTS) is 1. The predicted molar refractivity (Wildman–Crippen MR) is 91.9 cm³/mol. The van der Waals surface area contributed by atoms with E-state index in [9.17, 15) is 19.5 Å². The van der Waals surface area contributed by atoms with Crippen molar-refractivity contribution in [2.75, 3.05) is 6.54 Å². The van der Waals surface area contributed by atoms with Crippen LogP contribution in [0.15, 0.2) is 24.3 Å². The Bertz CT molecular complexity index is 750. The number of hydrogen-bond acceptors (Lipinski definition) is 4. The Balaban J connectivity index is 2.18. The topological polar surface area (TPSA) is 86.7 Å². The van der Waals surface area contributed by atoms with Crippen LogP contribution in [0.5, 0.6) is 0 Å². The third-order valence-corrected chi connectivity index (χ3v) is 5.71. The summed E-state index contributed by atoms with van der Waals surface area (Å²) in [6.45, 7) is 5.47. The second-order valence-corrected chi connectivity index (χ2v) is 7.37. The van der Waals surface area contributed by atoms with E-state index >= 15 is 0 Å². The molecule has 1 aromatic carbocycles. The summed E-state index contributed by atoms with van der Waals surface area (Å²) in [5.41, 5.74) is -0.778. The lowest BCUT2D eigenvalue weighted by Crippen LogP contribution is -2.59. The van der Waals surface area contributed by atoms with Gasteiger partial charge in [-0.3, -0.25) is 24.6 Å². The molecule has 0 aliphatic carbocycles. The SMILES string of the molecule is CCN1C(=O)C2C(c3cccc(Cl)c3)NC(C(=O)O)(C(C)C)C2C1=O. The summed E-state index contributed by atoms with van der Waals surface area (Å²) in [6.07, 6.45) is 0. The molecule has 2 aliphatic rings. The maximum atomic E-state index is 12.9. The van der Waals surface area contributed by atoms with Crippen LogP contribution in [0.2, 0.25) is 5.02 Å². The lowest BCUT2D eigenvalue weighted by Gasteiger charge is -2.34. The Morgan fingerprint density at radius 1 is 1.36 bits per heavy atom. The second-order valence-electron chi connectivity index (χ2n) is 6.93. The van der Waals surface area contributed by atoms with Gasteiger partial charge in [0.2, 0.25) is 11.8 Å².